The molecule has 5 rings (SSSR count). The summed E-state index contributed by atoms with van der Waals surface area (Å²) in [6.07, 6.45) is 4.69. The lowest BCUT2D eigenvalue weighted by atomic mass is 10.1. The number of para-hydroxylation sites is 3. The molecule has 8 heteroatoms. The van der Waals surface area contributed by atoms with Gasteiger partial charge in [-0.25, -0.2) is 13.4 Å². The van der Waals surface area contributed by atoms with Crippen LogP contribution in [-0.4, -0.2) is 58.1 Å². The van der Waals surface area contributed by atoms with Gasteiger partial charge in [-0.15, -0.1) is 0 Å². The van der Waals surface area contributed by atoms with Crippen LogP contribution >= 0.6 is 11.8 Å². The summed E-state index contributed by atoms with van der Waals surface area (Å²) in [5.41, 5.74) is 2.90. The molecule has 32 heavy (non-hydrogen) atoms. The number of thioether (sulfide) groups is 1. The molecule has 2 aliphatic rings. The molecule has 168 valence electrons. The van der Waals surface area contributed by atoms with Crippen LogP contribution in [0.3, 0.4) is 0 Å². The molecule has 6 nitrogen and oxygen atoms in total. The average Bonchev–Trinajstić information content (AvgIpc) is 3.52. The summed E-state index contributed by atoms with van der Waals surface area (Å²) in [5.74, 6) is 0.562. The molecule has 2 aromatic carbocycles. The molecule has 1 unspecified atom stereocenters. The van der Waals surface area contributed by atoms with Crippen LogP contribution in [0.1, 0.15) is 32.1 Å². The van der Waals surface area contributed by atoms with E-state index in [0.29, 0.717) is 6.42 Å². The van der Waals surface area contributed by atoms with Crippen molar-refractivity contribution >= 4 is 38.5 Å². The van der Waals surface area contributed by atoms with Gasteiger partial charge in [0, 0.05) is 17.8 Å². The first-order chi connectivity index (χ1) is 15.5. The number of imidazole rings is 1. The van der Waals surface area contributed by atoms with Crippen LogP contribution in [0.25, 0.3) is 16.7 Å². The van der Waals surface area contributed by atoms with E-state index < -0.39 is 9.84 Å². The van der Waals surface area contributed by atoms with Gasteiger partial charge in [0.2, 0.25) is 5.91 Å². The van der Waals surface area contributed by atoms with E-state index in [9.17, 15) is 13.2 Å². The number of hydrogen-bond donors (Lipinski definition) is 0. The molecule has 1 saturated heterocycles. The number of aromatic nitrogens is 2. The van der Waals surface area contributed by atoms with E-state index in [1.54, 1.807) is 0 Å². The summed E-state index contributed by atoms with van der Waals surface area (Å²) in [5, 5.41) is 0.774. The summed E-state index contributed by atoms with van der Waals surface area (Å²) in [7, 11) is -3.05. The first-order valence-electron chi connectivity index (χ1n) is 11.2. The van der Waals surface area contributed by atoms with Gasteiger partial charge in [0.15, 0.2) is 15.0 Å². The molecule has 1 amide bonds. The number of rotatable bonds is 6. The third-order valence-electron chi connectivity index (χ3n) is 6.48. The smallest absolute Gasteiger partial charge is 0.233 e. The maximum absolute atomic E-state index is 13.4. The van der Waals surface area contributed by atoms with Crippen LogP contribution < -0.4 is 0 Å². The van der Waals surface area contributed by atoms with Crippen LogP contribution in [0.4, 0.5) is 0 Å². The maximum Gasteiger partial charge on any atom is 0.233 e. The first-order valence-corrected chi connectivity index (χ1v) is 14.0. The minimum Gasteiger partial charge on any atom is -0.335 e. The number of sulfone groups is 1. The second-order valence-electron chi connectivity index (χ2n) is 8.64. The summed E-state index contributed by atoms with van der Waals surface area (Å²) >= 11 is 1.43. The third-order valence-corrected chi connectivity index (χ3v) is 9.15. The Morgan fingerprint density at radius 2 is 1.72 bits per heavy atom. The molecule has 0 radical (unpaired) electrons. The molecule has 2 heterocycles. The lowest BCUT2D eigenvalue weighted by Gasteiger charge is -2.34. The van der Waals surface area contributed by atoms with Gasteiger partial charge in [0.1, 0.15) is 0 Å². The number of nitrogens with zero attached hydrogens (tertiary/aromatic N) is 3. The minimum atomic E-state index is -3.05. The van der Waals surface area contributed by atoms with Crippen LogP contribution in [0, 0.1) is 0 Å². The Morgan fingerprint density at radius 1 is 1.00 bits per heavy atom. The summed E-state index contributed by atoms with van der Waals surface area (Å²) < 4.78 is 26.3. The van der Waals surface area contributed by atoms with Crippen molar-refractivity contribution in [2.24, 2.45) is 0 Å². The SMILES string of the molecule is O=C(CSc1nc2ccccc2n1-c1ccccc1)N(C1CCCC1)C1CCS(=O)(=O)C1. The van der Waals surface area contributed by atoms with Crippen molar-refractivity contribution in [2.75, 3.05) is 17.3 Å². The normalized spacial score (nSPS) is 20.7. The number of carbonyl (C=O) groups is 1. The molecule has 1 aliphatic heterocycles. The number of hydrogen-bond acceptors (Lipinski definition) is 5. The van der Waals surface area contributed by atoms with Crippen LogP contribution in [0.5, 0.6) is 0 Å². The zero-order valence-electron chi connectivity index (χ0n) is 17.9. The van der Waals surface area contributed by atoms with E-state index in [2.05, 4.69) is 4.57 Å². The van der Waals surface area contributed by atoms with Crippen LogP contribution in [0.2, 0.25) is 0 Å². The van der Waals surface area contributed by atoms with Gasteiger partial charge in [-0.2, -0.15) is 0 Å². The lowest BCUT2D eigenvalue weighted by Crippen LogP contribution is -2.47. The van der Waals surface area contributed by atoms with Crippen molar-refractivity contribution in [1.29, 1.82) is 0 Å². The predicted octanol–water partition coefficient (Wildman–Crippen LogP) is 4.08. The largest absolute Gasteiger partial charge is 0.335 e. The fourth-order valence-electron chi connectivity index (χ4n) is 5.01. The highest BCUT2D eigenvalue weighted by atomic mass is 32.2. The molecule has 0 bridgehead atoms. The molecule has 0 spiro atoms. The van der Waals surface area contributed by atoms with Gasteiger partial charge >= 0.3 is 0 Å². The molecule has 1 atom stereocenters. The van der Waals surface area contributed by atoms with Crippen LogP contribution in [0.15, 0.2) is 59.8 Å². The Bertz CT molecular complexity index is 1220. The van der Waals surface area contributed by atoms with Crippen molar-refractivity contribution in [3.63, 3.8) is 0 Å². The predicted molar refractivity (Wildman–Crippen MR) is 128 cm³/mol. The van der Waals surface area contributed by atoms with Crippen LogP contribution in [-0.2, 0) is 14.6 Å². The van der Waals surface area contributed by atoms with Gasteiger partial charge in [0.05, 0.1) is 28.3 Å². The molecular formula is C24H27N3O3S2. The summed E-state index contributed by atoms with van der Waals surface area (Å²) in [6.45, 7) is 0. The standard InChI is InChI=1S/C24H27N3O3S2/c28-23(26(18-10-4-5-11-18)20-14-15-32(29,30)17-20)16-31-24-25-21-12-6-7-13-22(21)27(24)19-8-2-1-3-9-19/h1-3,6-9,12-13,18,20H,4-5,10-11,14-17H2. The fraction of sp³-hybridized carbons (Fsp3) is 0.417. The topological polar surface area (TPSA) is 72.3 Å². The molecule has 2 fully saturated rings. The van der Waals surface area contributed by atoms with Gasteiger partial charge in [-0.1, -0.05) is 54.9 Å². The van der Waals surface area contributed by atoms with Crippen molar-refractivity contribution < 1.29 is 13.2 Å². The van der Waals surface area contributed by atoms with Gasteiger partial charge in [0.25, 0.3) is 0 Å². The summed E-state index contributed by atoms with van der Waals surface area (Å²) in [6, 6.07) is 18.0. The highest BCUT2D eigenvalue weighted by Gasteiger charge is 2.39. The number of carbonyl (C=O) groups excluding carboxylic acids is 1. The number of fused-ring (bicyclic) bond motifs is 1. The lowest BCUT2D eigenvalue weighted by molar-refractivity contribution is -0.132. The molecule has 1 aliphatic carbocycles. The molecule has 0 N–H and O–H groups in total. The Kier molecular flexibility index (Phi) is 5.99. The third kappa shape index (κ3) is 4.30. The molecule has 1 aromatic heterocycles. The van der Waals surface area contributed by atoms with Gasteiger partial charge in [-0.05, 0) is 43.5 Å². The van der Waals surface area contributed by atoms with E-state index in [1.807, 2.05) is 59.5 Å². The molecule has 3 aromatic rings. The fourth-order valence-corrected chi connectivity index (χ4v) is 7.62. The van der Waals surface area contributed by atoms with E-state index in [0.717, 1.165) is 47.6 Å². The summed E-state index contributed by atoms with van der Waals surface area (Å²) in [4.78, 5) is 20.2. The average molecular weight is 470 g/mol. The van der Waals surface area contributed by atoms with E-state index in [1.165, 1.54) is 11.8 Å². The molecule has 1 saturated carbocycles. The Hall–Kier alpha value is -2.32. The van der Waals surface area contributed by atoms with Gasteiger partial charge in [-0.3, -0.25) is 9.36 Å². The second kappa shape index (κ2) is 8.90. The van der Waals surface area contributed by atoms with Crippen molar-refractivity contribution in [3.8, 4) is 5.69 Å². The monoisotopic (exact) mass is 469 g/mol. The molecular weight excluding hydrogens is 442 g/mol. The van der Waals surface area contributed by atoms with Gasteiger partial charge < -0.3 is 4.90 Å². The Morgan fingerprint density at radius 3 is 2.44 bits per heavy atom. The number of amides is 1. The zero-order chi connectivity index (χ0) is 22.1. The number of benzene rings is 2. The Labute approximate surface area is 192 Å². The first kappa shape index (κ1) is 21.5. The highest BCUT2D eigenvalue weighted by Crippen LogP contribution is 2.32. The second-order valence-corrected chi connectivity index (χ2v) is 11.8. The van der Waals surface area contributed by atoms with E-state index in [4.69, 9.17) is 4.98 Å². The Balaban J connectivity index is 1.41. The highest BCUT2D eigenvalue weighted by molar-refractivity contribution is 7.99. The maximum atomic E-state index is 13.4. The van der Waals surface area contributed by atoms with Crippen molar-refractivity contribution in [2.45, 2.75) is 49.3 Å². The van der Waals surface area contributed by atoms with Crippen molar-refractivity contribution in [3.05, 3.63) is 54.6 Å². The minimum absolute atomic E-state index is 0.0238. The van der Waals surface area contributed by atoms with Crippen molar-refractivity contribution in [1.82, 2.24) is 14.5 Å². The van der Waals surface area contributed by atoms with E-state index in [-0.39, 0.29) is 35.2 Å². The zero-order valence-corrected chi connectivity index (χ0v) is 19.5. The van der Waals surface area contributed by atoms with E-state index >= 15 is 0 Å². The quantitative estimate of drug-likeness (QED) is 0.509.